The number of hydrogen-bond acceptors (Lipinski definition) is 0. The summed E-state index contributed by atoms with van der Waals surface area (Å²) in [5, 5.41) is 0. The molecule has 0 fully saturated rings. The zero-order valence-electron chi connectivity index (χ0n) is 8.13. The minimum Gasteiger partial charge on any atom is -0.0932 e. The van der Waals surface area contributed by atoms with Crippen LogP contribution in [0.2, 0.25) is 0 Å². The first-order chi connectivity index (χ1) is 7.42. The van der Waals surface area contributed by atoms with E-state index in [4.69, 9.17) is 46.4 Å². The second-order valence-corrected chi connectivity index (χ2v) is 6.32. The van der Waals surface area contributed by atoms with Gasteiger partial charge in [-0.1, -0.05) is 82.8 Å². The van der Waals surface area contributed by atoms with Crippen LogP contribution < -0.4 is 0 Å². The van der Waals surface area contributed by atoms with E-state index in [0.717, 1.165) is 11.1 Å². The van der Waals surface area contributed by atoms with Crippen molar-refractivity contribution in [1.82, 2.24) is 0 Å². The van der Waals surface area contributed by atoms with Gasteiger partial charge in [0.05, 0.1) is 0 Å². The Balaban J connectivity index is 2.41. The van der Waals surface area contributed by atoms with Crippen LogP contribution in [0.15, 0.2) is 48.6 Å². The van der Waals surface area contributed by atoms with Crippen molar-refractivity contribution in [2.75, 3.05) is 0 Å². The van der Waals surface area contributed by atoms with Gasteiger partial charge in [0.1, 0.15) is 0 Å². The van der Waals surface area contributed by atoms with Gasteiger partial charge in [-0.3, -0.25) is 0 Å². The molecule has 0 saturated carbocycles. The van der Waals surface area contributed by atoms with Gasteiger partial charge in [-0.25, -0.2) is 0 Å². The quantitative estimate of drug-likeness (QED) is 0.640. The Morgan fingerprint density at radius 3 is 2.00 bits per heavy atom. The molecule has 0 atom stereocenters. The van der Waals surface area contributed by atoms with Crippen LogP contribution in [0.5, 0.6) is 0 Å². The van der Waals surface area contributed by atoms with Crippen LogP contribution in [0.4, 0.5) is 0 Å². The Morgan fingerprint density at radius 2 is 1.44 bits per heavy atom. The first-order valence-electron chi connectivity index (χ1n) is 4.65. The minimum atomic E-state index is -1.32. The molecular weight excluding hydrogens is 286 g/mol. The van der Waals surface area contributed by atoms with Crippen LogP contribution in [0.3, 0.4) is 0 Å². The third-order valence-electron chi connectivity index (χ3n) is 2.36. The zero-order chi connectivity index (χ0) is 11.8. The molecule has 0 N–H and O–H groups in total. The molecule has 1 aliphatic carbocycles. The molecule has 1 aromatic carbocycles. The fourth-order valence-electron chi connectivity index (χ4n) is 1.46. The molecular formula is C12H8Cl4. The highest BCUT2D eigenvalue weighted by atomic mass is 35.5. The molecule has 0 unspecified atom stereocenters. The minimum absolute atomic E-state index is 0.905. The lowest BCUT2D eigenvalue weighted by molar-refractivity contribution is 0.899. The van der Waals surface area contributed by atoms with Gasteiger partial charge in [-0.2, -0.15) is 0 Å². The molecule has 16 heavy (non-hydrogen) atoms. The molecule has 0 bridgehead atoms. The maximum absolute atomic E-state index is 6.08. The standard InChI is InChI=1S/C12H8Cl4/c13-11(14)7-6-10(8-12(11,15)16)9-4-2-1-3-5-9/h1-8H. The zero-order valence-corrected chi connectivity index (χ0v) is 11.2. The van der Waals surface area contributed by atoms with E-state index in [0.29, 0.717) is 0 Å². The number of alkyl halides is 4. The van der Waals surface area contributed by atoms with Crippen molar-refractivity contribution in [3.8, 4) is 0 Å². The largest absolute Gasteiger partial charge is 0.173 e. The molecule has 84 valence electrons. The summed E-state index contributed by atoms with van der Waals surface area (Å²) in [6, 6.07) is 9.76. The van der Waals surface area contributed by atoms with Crippen LogP contribution in [0, 0.1) is 0 Å². The first kappa shape index (κ1) is 12.3. The molecule has 0 nitrogen and oxygen atoms in total. The molecule has 1 aliphatic rings. The van der Waals surface area contributed by atoms with Crippen molar-refractivity contribution in [3.05, 3.63) is 54.1 Å². The summed E-state index contributed by atoms with van der Waals surface area (Å²) in [7, 11) is 0. The first-order valence-corrected chi connectivity index (χ1v) is 6.17. The summed E-state index contributed by atoms with van der Waals surface area (Å²) in [6.07, 6.45) is 5.07. The summed E-state index contributed by atoms with van der Waals surface area (Å²) in [5.74, 6) is 0. The number of hydrogen-bond donors (Lipinski definition) is 0. The normalized spacial score (nSPS) is 21.6. The molecule has 0 amide bonds. The summed E-state index contributed by atoms with van der Waals surface area (Å²) < 4.78 is -2.62. The molecule has 0 spiro atoms. The third-order valence-corrected chi connectivity index (χ3v) is 4.41. The molecule has 0 aromatic heterocycles. The molecule has 2 rings (SSSR count). The lowest BCUT2D eigenvalue weighted by Crippen LogP contribution is -2.34. The fraction of sp³-hybridized carbons (Fsp3) is 0.167. The average molecular weight is 294 g/mol. The van der Waals surface area contributed by atoms with Crippen molar-refractivity contribution >= 4 is 52.0 Å². The molecule has 1 aromatic rings. The van der Waals surface area contributed by atoms with Gasteiger partial charge >= 0.3 is 0 Å². The predicted molar refractivity (Wildman–Crippen MR) is 72.4 cm³/mol. The summed E-state index contributed by atoms with van der Waals surface area (Å²) in [6.45, 7) is 0. The van der Waals surface area contributed by atoms with E-state index >= 15 is 0 Å². The van der Waals surface area contributed by atoms with Crippen molar-refractivity contribution < 1.29 is 0 Å². The highest BCUT2D eigenvalue weighted by Gasteiger charge is 2.45. The summed E-state index contributed by atoms with van der Waals surface area (Å²) in [4.78, 5) is 0. The third kappa shape index (κ3) is 2.26. The van der Waals surface area contributed by atoms with Gasteiger partial charge in [-0.05, 0) is 23.3 Å². The van der Waals surface area contributed by atoms with Gasteiger partial charge in [0, 0.05) is 0 Å². The Labute approximate surface area is 114 Å². The number of halogens is 4. The van der Waals surface area contributed by atoms with E-state index in [-0.39, 0.29) is 0 Å². The molecule has 0 aliphatic heterocycles. The van der Waals surface area contributed by atoms with Gasteiger partial charge in [0.15, 0.2) is 8.67 Å². The van der Waals surface area contributed by atoms with Crippen molar-refractivity contribution in [3.63, 3.8) is 0 Å². The van der Waals surface area contributed by atoms with E-state index in [1.54, 1.807) is 12.2 Å². The second-order valence-electron chi connectivity index (χ2n) is 3.54. The van der Waals surface area contributed by atoms with Crippen molar-refractivity contribution in [2.24, 2.45) is 0 Å². The van der Waals surface area contributed by atoms with Gasteiger partial charge in [-0.15, -0.1) is 0 Å². The van der Waals surface area contributed by atoms with E-state index < -0.39 is 8.67 Å². The smallest absolute Gasteiger partial charge is 0.0932 e. The highest BCUT2D eigenvalue weighted by molar-refractivity contribution is 6.64. The Kier molecular flexibility index (Phi) is 3.29. The van der Waals surface area contributed by atoms with Crippen molar-refractivity contribution in [2.45, 2.75) is 8.67 Å². The summed E-state index contributed by atoms with van der Waals surface area (Å²) >= 11 is 24.1. The second kappa shape index (κ2) is 4.27. The van der Waals surface area contributed by atoms with Gasteiger partial charge in [0.2, 0.25) is 0 Å². The number of allylic oxidation sites excluding steroid dienone is 4. The lowest BCUT2D eigenvalue weighted by atomic mass is 9.99. The highest BCUT2D eigenvalue weighted by Crippen LogP contribution is 2.48. The van der Waals surface area contributed by atoms with Crippen LogP contribution in [-0.4, -0.2) is 8.67 Å². The topological polar surface area (TPSA) is 0 Å². The SMILES string of the molecule is ClC1(Cl)C=CC(c2ccccc2)=CC1(Cl)Cl. The Bertz CT molecular complexity index is 443. The monoisotopic (exact) mass is 292 g/mol. The van der Waals surface area contributed by atoms with E-state index in [1.165, 1.54) is 0 Å². The maximum atomic E-state index is 6.08. The predicted octanol–water partition coefficient (Wildman–Crippen LogP) is 4.99. The molecule has 0 radical (unpaired) electrons. The molecule has 0 saturated heterocycles. The Morgan fingerprint density at radius 1 is 0.812 bits per heavy atom. The summed E-state index contributed by atoms with van der Waals surface area (Å²) in [5.41, 5.74) is 1.93. The van der Waals surface area contributed by atoms with Gasteiger partial charge < -0.3 is 0 Å². The van der Waals surface area contributed by atoms with Crippen LogP contribution in [-0.2, 0) is 0 Å². The molecule has 0 heterocycles. The number of rotatable bonds is 1. The van der Waals surface area contributed by atoms with E-state index in [1.807, 2.05) is 36.4 Å². The van der Waals surface area contributed by atoms with Crippen LogP contribution in [0.25, 0.3) is 5.57 Å². The maximum Gasteiger partial charge on any atom is 0.173 e. The number of benzene rings is 1. The van der Waals surface area contributed by atoms with Crippen LogP contribution >= 0.6 is 46.4 Å². The Hall–Kier alpha value is -0.140. The van der Waals surface area contributed by atoms with Gasteiger partial charge in [0.25, 0.3) is 0 Å². The molecule has 4 heteroatoms. The van der Waals surface area contributed by atoms with Crippen LogP contribution in [0.1, 0.15) is 5.56 Å². The van der Waals surface area contributed by atoms with E-state index in [9.17, 15) is 0 Å². The average Bonchev–Trinajstić information content (AvgIpc) is 2.23. The van der Waals surface area contributed by atoms with Crippen molar-refractivity contribution in [1.29, 1.82) is 0 Å². The fourth-order valence-corrected chi connectivity index (χ4v) is 2.05. The van der Waals surface area contributed by atoms with E-state index in [2.05, 4.69) is 0 Å². The lowest BCUT2D eigenvalue weighted by Gasteiger charge is -2.31.